The van der Waals surface area contributed by atoms with E-state index >= 15 is 0 Å². The van der Waals surface area contributed by atoms with Gasteiger partial charge in [0, 0.05) is 43.9 Å². The fourth-order valence-electron chi connectivity index (χ4n) is 16.6. The molecular weight excluding hydrogens is 1400 g/mol. The van der Waals surface area contributed by atoms with Gasteiger partial charge in [-0.1, -0.05) is 201 Å². The summed E-state index contributed by atoms with van der Waals surface area (Å²) >= 11 is 0. The summed E-state index contributed by atoms with van der Waals surface area (Å²) in [5.41, 5.74) is 4.30. The second-order valence-electron chi connectivity index (χ2n) is 32.2. The van der Waals surface area contributed by atoms with Gasteiger partial charge >= 0.3 is 0 Å². The maximum Gasteiger partial charge on any atom is 0.178 e. The van der Waals surface area contributed by atoms with Gasteiger partial charge in [-0.2, -0.15) is 0 Å². The molecule has 0 aliphatic carbocycles. The fraction of sp³-hybridized carbons (Fsp3) is 0.689. The lowest BCUT2D eigenvalue weighted by atomic mass is 9.81. The zero-order valence-corrected chi connectivity index (χ0v) is 69.7. The Morgan fingerprint density at radius 3 is 1.26 bits per heavy atom. The molecule has 8 rings (SSSR count). The van der Waals surface area contributed by atoms with Crippen LogP contribution < -0.4 is 4.70 Å². The predicted molar refractivity (Wildman–Crippen MR) is 437 cm³/mol. The van der Waals surface area contributed by atoms with Crippen molar-refractivity contribution in [2.45, 2.75) is 293 Å². The van der Waals surface area contributed by atoms with Gasteiger partial charge < -0.3 is 57.3 Å². The van der Waals surface area contributed by atoms with Gasteiger partial charge in [0.2, 0.25) is 0 Å². The minimum Gasteiger partial charge on any atom is -1.00 e. The third-order valence-corrected chi connectivity index (χ3v) is 27.4. The smallest absolute Gasteiger partial charge is 0.178 e. The lowest BCUT2D eigenvalue weighted by Crippen LogP contribution is -3.00. The van der Waals surface area contributed by atoms with E-state index in [-0.39, 0.29) is 131 Å². The number of quaternary nitrogens is 1. The lowest BCUT2D eigenvalue weighted by Gasteiger charge is -2.39. The molecule has 0 bridgehead atoms. The van der Waals surface area contributed by atoms with E-state index in [0.29, 0.717) is 56.0 Å². The largest absolute Gasteiger partial charge is 1.00 e. The van der Waals surface area contributed by atoms with Gasteiger partial charge in [0.25, 0.3) is 0 Å². The summed E-state index contributed by atoms with van der Waals surface area (Å²) in [7, 11) is -7.04. The van der Waals surface area contributed by atoms with Gasteiger partial charge in [-0.05, 0) is 147 Å². The average Bonchev–Trinajstić information content (AvgIpc) is 1.57. The van der Waals surface area contributed by atoms with Crippen LogP contribution >= 0.6 is 0 Å². The van der Waals surface area contributed by atoms with E-state index in [9.17, 15) is 27.0 Å². The number of rotatable bonds is 44. The summed E-state index contributed by atoms with van der Waals surface area (Å²) in [5, 5.41) is 19.7. The predicted octanol–water partition coefficient (Wildman–Crippen LogP) is 15.1. The van der Waals surface area contributed by atoms with Crippen LogP contribution in [0.5, 0.6) is 0 Å². The number of unbranched alkanes of at least 4 members (excludes halogenated alkanes) is 4. The highest BCUT2D eigenvalue weighted by Crippen LogP contribution is 2.45. The van der Waals surface area contributed by atoms with Crippen LogP contribution in [0, 0.1) is 41.4 Å². The second kappa shape index (κ2) is 48.7. The van der Waals surface area contributed by atoms with Crippen LogP contribution in [0.15, 0.2) is 169 Å². The van der Waals surface area contributed by atoms with E-state index in [0.717, 1.165) is 86.5 Å². The highest BCUT2D eigenvalue weighted by molar-refractivity contribution is 7.91. The van der Waals surface area contributed by atoms with Gasteiger partial charge in [0.1, 0.15) is 0 Å². The number of hydrogen-bond donors (Lipinski definition) is 2. The van der Waals surface area contributed by atoms with Crippen LogP contribution in [0.2, 0.25) is 0 Å². The van der Waals surface area contributed by atoms with Crippen LogP contribution in [-0.4, -0.2) is 182 Å². The molecule has 0 saturated carbocycles. The molecule has 15 nitrogen and oxygen atoms in total. The summed E-state index contributed by atoms with van der Waals surface area (Å²) in [4.78, 5) is 0.666. The summed E-state index contributed by atoms with van der Waals surface area (Å²) in [5.74, 6) is 0.660. The molecule has 0 amide bonds. The topological polar surface area (TPSA) is 183 Å². The summed E-state index contributed by atoms with van der Waals surface area (Å²) in [6.07, 6.45) is 30.5. The first-order valence-electron chi connectivity index (χ1n) is 41.3. The molecule has 612 valence electrons. The van der Waals surface area contributed by atoms with Gasteiger partial charge in [-0.15, -0.1) is 13.2 Å². The monoisotopic (exact) mass is 1550 g/mol. The number of aliphatic hydroxyl groups excluding tert-OH is 2. The Labute approximate surface area is 654 Å². The van der Waals surface area contributed by atoms with E-state index in [1.807, 2.05) is 31.2 Å². The average molecular weight is 1550 g/mol. The Bertz CT molecular complexity index is 3020. The van der Waals surface area contributed by atoms with Gasteiger partial charge in [0.05, 0.1) is 160 Å². The SMILES string of the molecule is C=CCOC/C=C/[C@H]1CC(=C)C(CC[C@H]2C[C@@H](C)C(=C)C(C[C@@H]3O[C@H](C[C@H](C)CC)[C@H](C)[C@H]3CS(=O)(=O)c3ccccc3)O2)O1.C=CCOC/C=C/[C@H]1CC(=C)C(CC[C@H]2C[C@@H](C)C(=C)C(C[C@@H]3O[C@H](C[C@H](O)CO)[C@H](C)[C@H]3CS(=O)(=O)c3ccccc3)O2)O1.CCCC[N+](CCCC)(CCCC)CCCC.[F-]. The van der Waals surface area contributed by atoms with Crippen molar-refractivity contribution in [3.8, 4) is 0 Å². The van der Waals surface area contributed by atoms with Crippen molar-refractivity contribution in [2.75, 3.05) is 70.7 Å². The first kappa shape index (κ1) is 94.3. The molecule has 20 atom stereocenters. The van der Waals surface area contributed by atoms with Crippen molar-refractivity contribution in [3.05, 3.63) is 159 Å². The molecule has 108 heavy (non-hydrogen) atoms. The Morgan fingerprint density at radius 1 is 0.528 bits per heavy atom. The van der Waals surface area contributed by atoms with Gasteiger partial charge in [-0.25, -0.2) is 16.8 Å². The number of benzene rings is 2. The molecule has 18 heteroatoms. The van der Waals surface area contributed by atoms with E-state index < -0.39 is 31.9 Å². The molecule has 6 aliphatic rings. The van der Waals surface area contributed by atoms with Crippen LogP contribution in [0.3, 0.4) is 0 Å². The molecule has 0 radical (unpaired) electrons. The quantitative estimate of drug-likeness (QED) is 0.0363. The first-order valence-corrected chi connectivity index (χ1v) is 44.6. The Hall–Kier alpha value is -4.25. The van der Waals surface area contributed by atoms with Crippen LogP contribution in [0.25, 0.3) is 0 Å². The molecule has 0 spiro atoms. The molecule has 4 unspecified atom stereocenters. The van der Waals surface area contributed by atoms with Crippen molar-refractivity contribution < 1.29 is 74.1 Å². The van der Waals surface area contributed by atoms with E-state index in [1.165, 1.54) is 82.0 Å². The number of halogens is 1. The molecule has 6 saturated heterocycles. The Balaban J connectivity index is 0.000000317. The van der Waals surface area contributed by atoms with Crippen molar-refractivity contribution in [3.63, 3.8) is 0 Å². The Morgan fingerprint density at radius 2 is 0.907 bits per heavy atom. The highest BCUT2D eigenvalue weighted by atomic mass is 32.2. The van der Waals surface area contributed by atoms with Crippen LogP contribution in [0.1, 0.15) is 204 Å². The normalized spacial score (nSPS) is 29.6. The molecule has 0 aromatic heterocycles. The van der Waals surface area contributed by atoms with Crippen LogP contribution in [0.4, 0.5) is 0 Å². The van der Waals surface area contributed by atoms with Crippen molar-refractivity contribution in [2.24, 2.45) is 41.4 Å². The summed E-state index contributed by atoms with van der Waals surface area (Å²) in [6, 6.07) is 17.3. The van der Waals surface area contributed by atoms with Gasteiger partial charge in [-0.3, -0.25) is 0 Å². The van der Waals surface area contributed by atoms with E-state index in [1.54, 1.807) is 66.7 Å². The standard InChI is InChI=1S/C38H56O6S.C36H52O8S.C16H36N.FH/c1-8-19-41-20-13-14-31-23-28(5)35(42-31)18-17-32-22-27(4)29(6)37(43-32)24-38-34(30(7)36(44-38)21-26(3)9-2)25-45(39,40)33-15-11-10-12-16-33;1-6-16-41-17-10-11-29-19-25(3)33(42-29)15-14-30-18-24(2)26(4)35(43-30)21-36-32(27(5)34(44-36)20-28(38)22-37)23-45(39,40)31-12-8-7-9-13-31;1-5-9-13-17(14-10-6-2,15-11-7-3)16-12-8-4;/h8,10-16,26-27,30-32,34-38H,1,5-6,9,17-25H2,2-4,7H3;6-13,24,27-30,32-38H,1,3-4,14-23H2,2,5H3;5-16H2,1-4H3;1H/q;;+1;/p-1/b14-13+;11-10+;;/t26-,27-,30-,31+,32+,34-,35?,36-,37?,38+;24-,27-,28+,29+,30+,32-,33?,34-,35?,36+;;/m11../s1. The molecule has 2 aromatic rings. The zero-order chi connectivity index (χ0) is 78.1. The third-order valence-electron chi connectivity index (χ3n) is 23.7. The second-order valence-corrected chi connectivity index (χ2v) is 36.3. The first-order chi connectivity index (χ1) is 51.3. The van der Waals surface area contributed by atoms with Crippen molar-refractivity contribution >= 4 is 19.7 Å². The molecule has 2 N–H and O–H groups in total. The minimum absolute atomic E-state index is 0. The number of aliphatic hydroxyl groups is 2. The summed E-state index contributed by atoms with van der Waals surface area (Å²) < 4.78 is 105. The number of hydrogen-bond acceptors (Lipinski definition) is 14. The lowest BCUT2D eigenvalue weighted by molar-refractivity contribution is -0.929. The molecule has 6 heterocycles. The fourth-order valence-corrected chi connectivity index (χ4v) is 20.2. The minimum atomic E-state index is -3.57. The summed E-state index contributed by atoms with van der Waals surface area (Å²) in [6.45, 7) is 54.5. The third kappa shape index (κ3) is 29.9. The number of nitrogens with zero attached hydrogens (tertiary/aromatic N) is 1. The molecule has 6 fully saturated rings. The van der Waals surface area contributed by atoms with E-state index in [2.05, 4.69) is 108 Å². The molecule has 6 aliphatic heterocycles. The van der Waals surface area contributed by atoms with Gasteiger partial charge in [0.15, 0.2) is 19.7 Å². The highest BCUT2D eigenvalue weighted by Gasteiger charge is 2.49. The van der Waals surface area contributed by atoms with Crippen molar-refractivity contribution in [1.82, 2.24) is 0 Å². The molecule has 2 aromatic carbocycles. The Kier molecular flexibility index (Phi) is 42.6. The molecular formula is C90H144FNO14S2. The maximum atomic E-state index is 13.5. The number of sulfone groups is 2. The van der Waals surface area contributed by atoms with Crippen LogP contribution in [-0.2, 0) is 57.6 Å². The zero-order valence-electron chi connectivity index (χ0n) is 68.1. The van der Waals surface area contributed by atoms with Crippen molar-refractivity contribution in [1.29, 1.82) is 0 Å². The maximum absolute atomic E-state index is 13.5. The van der Waals surface area contributed by atoms with E-state index in [4.69, 9.17) is 37.9 Å². The number of ether oxygens (including phenoxy) is 8.